The summed E-state index contributed by atoms with van der Waals surface area (Å²) >= 11 is 1.70. The molecule has 0 bridgehead atoms. The normalized spacial score (nSPS) is 9.53. The van der Waals surface area contributed by atoms with Crippen molar-refractivity contribution in [2.45, 2.75) is 4.90 Å². The molecule has 0 fully saturated rings. The van der Waals surface area contributed by atoms with Crippen molar-refractivity contribution in [3.8, 4) is 11.8 Å². The molecule has 0 aliphatic rings. The second kappa shape index (κ2) is 5.56. The Labute approximate surface area is 105 Å². The van der Waals surface area contributed by atoms with E-state index in [2.05, 4.69) is 11.8 Å². The van der Waals surface area contributed by atoms with E-state index in [9.17, 15) is 4.39 Å². The van der Waals surface area contributed by atoms with Crippen LogP contribution in [0.1, 0.15) is 11.1 Å². The maximum absolute atomic E-state index is 12.7. The van der Waals surface area contributed by atoms with Gasteiger partial charge in [0.15, 0.2) is 0 Å². The Hall–Kier alpha value is -1.72. The van der Waals surface area contributed by atoms with Gasteiger partial charge in [-0.25, -0.2) is 4.39 Å². The second-order valence-electron chi connectivity index (χ2n) is 3.49. The maximum Gasteiger partial charge on any atom is 0.123 e. The summed E-state index contributed by atoms with van der Waals surface area (Å²) in [5.74, 6) is 5.82. The number of hydrogen-bond acceptors (Lipinski definition) is 1. The number of hydrogen-bond donors (Lipinski definition) is 0. The lowest BCUT2D eigenvalue weighted by Crippen LogP contribution is -1.78. The third-order valence-electron chi connectivity index (χ3n) is 2.29. The van der Waals surface area contributed by atoms with E-state index in [-0.39, 0.29) is 5.82 Å². The van der Waals surface area contributed by atoms with Gasteiger partial charge in [0, 0.05) is 16.0 Å². The molecule has 2 aromatic rings. The van der Waals surface area contributed by atoms with Crippen molar-refractivity contribution in [2.75, 3.05) is 6.26 Å². The van der Waals surface area contributed by atoms with Crippen molar-refractivity contribution >= 4 is 11.8 Å². The van der Waals surface area contributed by atoms with Gasteiger partial charge in [-0.2, -0.15) is 0 Å². The molecule has 0 aliphatic heterocycles. The van der Waals surface area contributed by atoms with Gasteiger partial charge in [0.05, 0.1) is 0 Å². The van der Waals surface area contributed by atoms with Gasteiger partial charge < -0.3 is 0 Å². The smallest absolute Gasteiger partial charge is 0.123 e. The molecule has 0 nitrogen and oxygen atoms in total. The van der Waals surface area contributed by atoms with E-state index in [0.29, 0.717) is 0 Å². The van der Waals surface area contributed by atoms with E-state index >= 15 is 0 Å². The minimum Gasteiger partial charge on any atom is -0.207 e. The van der Waals surface area contributed by atoms with Crippen LogP contribution in [0.25, 0.3) is 0 Å². The van der Waals surface area contributed by atoms with Gasteiger partial charge in [0.25, 0.3) is 0 Å². The fourth-order valence-electron chi connectivity index (χ4n) is 1.35. The van der Waals surface area contributed by atoms with Gasteiger partial charge >= 0.3 is 0 Å². The van der Waals surface area contributed by atoms with E-state index in [1.165, 1.54) is 17.0 Å². The fraction of sp³-hybridized carbons (Fsp3) is 0.0667. The average molecular weight is 242 g/mol. The van der Waals surface area contributed by atoms with Gasteiger partial charge in [0.1, 0.15) is 5.82 Å². The van der Waals surface area contributed by atoms with E-state index in [0.717, 1.165) is 11.1 Å². The zero-order chi connectivity index (χ0) is 12.1. The lowest BCUT2D eigenvalue weighted by Gasteiger charge is -1.94. The predicted octanol–water partition coefficient (Wildman–Crippen LogP) is 3.95. The van der Waals surface area contributed by atoms with Crippen LogP contribution in [0.2, 0.25) is 0 Å². The number of rotatable bonds is 1. The Balaban J connectivity index is 2.17. The van der Waals surface area contributed by atoms with Crippen molar-refractivity contribution in [1.29, 1.82) is 0 Å². The minimum atomic E-state index is -0.236. The highest BCUT2D eigenvalue weighted by molar-refractivity contribution is 7.98. The summed E-state index contributed by atoms with van der Waals surface area (Å²) in [5.41, 5.74) is 1.78. The zero-order valence-corrected chi connectivity index (χ0v) is 10.2. The Bertz CT molecular complexity index is 544. The van der Waals surface area contributed by atoms with Crippen LogP contribution in [0.4, 0.5) is 4.39 Å². The lowest BCUT2D eigenvalue weighted by molar-refractivity contribution is 0.627. The predicted molar refractivity (Wildman–Crippen MR) is 70.6 cm³/mol. The van der Waals surface area contributed by atoms with E-state index in [1.54, 1.807) is 23.9 Å². The first kappa shape index (κ1) is 11.8. The van der Waals surface area contributed by atoms with Crippen LogP contribution in [-0.2, 0) is 0 Å². The Morgan fingerprint density at radius 1 is 0.824 bits per heavy atom. The summed E-state index contributed by atoms with van der Waals surface area (Å²) in [5, 5.41) is 0. The van der Waals surface area contributed by atoms with Gasteiger partial charge in [0.2, 0.25) is 0 Å². The summed E-state index contributed by atoms with van der Waals surface area (Å²) in [6, 6.07) is 14.3. The SMILES string of the molecule is CSc1ccc(C#Cc2ccc(F)cc2)cc1. The molecule has 84 valence electrons. The molecule has 0 saturated heterocycles. The molecule has 0 spiro atoms. The summed E-state index contributed by atoms with van der Waals surface area (Å²) in [6.45, 7) is 0. The number of halogens is 1. The van der Waals surface area contributed by atoms with Crippen LogP contribution >= 0.6 is 11.8 Å². The molecular weight excluding hydrogens is 231 g/mol. The van der Waals surface area contributed by atoms with Crippen molar-refractivity contribution in [2.24, 2.45) is 0 Å². The third-order valence-corrected chi connectivity index (χ3v) is 3.03. The first-order valence-electron chi connectivity index (χ1n) is 5.19. The van der Waals surface area contributed by atoms with Gasteiger partial charge in [-0.15, -0.1) is 11.8 Å². The van der Waals surface area contributed by atoms with E-state index in [1.807, 2.05) is 30.5 Å². The topological polar surface area (TPSA) is 0 Å². The largest absolute Gasteiger partial charge is 0.207 e. The van der Waals surface area contributed by atoms with Crippen LogP contribution in [0.5, 0.6) is 0 Å². The van der Waals surface area contributed by atoms with E-state index < -0.39 is 0 Å². The Kier molecular flexibility index (Phi) is 3.85. The molecule has 0 N–H and O–H groups in total. The summed E-state index contributed by atoms with van der Waals surface area (Å²) in [4.78, 5) is 1.22. The summed E-state index contributed by atoms with van der Waals surface area (Å²) in [6.07, 6.45) is 2.04. The van der Waals surface area contributed by atoms with Crippen LogP contribution < -0.4 is 0 Å². The molecule has 0 aliphatic carbocycles. The maximum atomic E-state index is 12.7. The molecule has 0 unspecified atom stereocenters. The third kappa shape index (κ3) is 3.37. The van der Waals surface area contributed by atoms with Crippen molar-refractivity contribution < 1.29 is 4.39 Å². The molecular formula is C15H11FS. The zero-order valence-electron chi connectivity index (χ0n) is 9.41. The van der Waals surface area contributed by atoms with Crippen LogP contribution in [0, 0.1) is 17.7 Å². The lowest BCUT2D eigenvalue weighted by atomic mass is 10.2. The van der Waals surface area contributed by atoms with Crippen molar-refractivity contribution in [3.05, 3.63) is 65.5 Å². The highest BCUT2D eigenvalue weighted by Crippen LogP contribution is 2.14. The molecule has 17 heavy (non-hydrogen) atoms. The van der Waals surface area contributed by atoms with Crippen LogP contribution in [0.3, 0.4) is 0 Å². The quantitative estimate of drug-likeness (QED) is 0.539. The number of benzene rings is 2. The van der Waals surface area contributed by atoms with Gasteiger partial charge in [-0.1, -0.05) is 11.8 Å². The standard InChI is InChI=1S/C15H11FS/c1-17-15-10-6-13(7-11-15)3-2-12-4-8-14(16)9-5-12/h4-11H,1H3. The first-order chi connectivity index (χ1) is 8.28. The molecule has 0 saturated carbocycles. The van der Waals surface area contributed by atoms with Crippen LogP contribution in [0.15, 0.2) is 53.4 Å². The van der Waals surface area contributed by atoms with Crippen molar-refractivity contribution in [3.63, 3.8) is 0 Å². The highest BCUT2D eigenvalue weighted by Gasteiger charge is 1.91. The molecule has 0 heterocycles. The molecule has 2 rings (SSSR count). The molecule has 0 radical (unpaired) electrons. The number of thioether (sulfide) groups is 1. The average Bonchev–Trinajstić information content (AvgIpc) is 2.39. The Morgan fingerprint density at radius 3 is 1.76 bits per heavy atom. The first-order valence-corrected chi connectivity index (χ1v) is 6.42. The molecule has 0 atom stereocenters. The molecule has 0 amide bonds. The van der Waals surface area contributed by atoms with Crippen molar-refractivity contribution in [1.82, 2.24) is 0 Å². The van der Waals surface area contributed by atoms with Crippen LogP contribution in [-0.4, -0.2) is 6.26 Å². The molecule has 0 aromatic heterocycles. The van der Waals surface area contributed by atoms with Gasteiger partial charge in [-0.05, 0) is 54.8 Å². The van der Waals surface area contributed by atoms with Gasteiger partial charge in [-0.3, -0.25) is 0 Å². The molecule has 2 aromatic carbocycles. The minimum absolute atomic E-state index is 0.236. The summed E-state index contributed by atoms with van der Waals surface area (Å²) in [7, 11) is 0. The second-order valence-corrected chi connectivity index (χ2v) is 4.37. The monoisotopic (exact) mass is 242 g/mol. The summed E-state index contributed by atoms with van der Waals surface area (Å²) < 4.78 is 12.7. The highest BCUT2D eigenvalue weighted by atomic mass is 32.2. The molecule has 2 heteroatoms. The Morgan fingerprint density at radius 2 is 1.29 bits per heavy atom. The fourth-order valence-corrected chi connectivity index (χ4v) is 1.76. The van der Waals surface area contributed by atoms with E-state index in [4.69, 9.17) is 0 Å².